The number of ether oxygens (including phenoxy) is 1. The largest absolute Gasteiger partial charge is 0.465 e. The Hall–Kier alpha value is -1.43. The van der Waals surface area contributed by atoms with Crippen molar-refractivity contribution in [3.63, 3.8) is 0 Å². The van der Waals surface area contributed by atoms with E-state index in [1.807, 2.05) is 0 Å². The van der Waals surface area contributed by atoms with Crippen LogP contribution in [0.2, 0.25) is 0 Å². The summed E-state index contributed by atoms with van der Waals surface area (Å²) in [4.78, 5) is 22.0. The van der Waals surface area contributed by atoms with Crippen LogP contribution in [0.1, 0.15) is 31.9 Å². The third-order valence-corrected chi connectivity index (χ3v) is 3.52. The van der Waals surface area contributed by atoms with E-state index in [-0.39, 0.29) is 18.3 Å². The van der Waals surface area contributed by atoms with Gasteiger partial charge in [-0.2, -0.15) is 0 Å². The molecule has 0 saturated heterocycles. The van der Waals surface area contributed by atoms with Crippen molar-refractivity contribution >= 4 is 27.6 Å². The first-order chi connectivity index (χ1) is 9.12. The second-order valence-electron chi connectivity index (χ2n) is 5.62. The Kier molecular flexibility index (Phi) is 5.28. The first-order valence-corrected chi connectivity index (χ1v) is 7.03. The lowest BCUT2D eigenvalue weighted by molar-refractivity contribution is -0.385. The third-order valence-electron chi connectivity index (χ3n) is 2.81. The van der Waals surface area contributed by atoms with E-state index in [9.17, 15) is 14.9 Å². The summed E-state index contributed by atoms with van der Waals surface area (Å²) in [6, 6.07) is 2.99. The van der Waals surface area contributed by atoms with Gasteiger partial charge in [0, 0.05) is 23.0 Å². The van der Waals surface area contributed by atoms with E-state index in [1.54, 1.807) is 27.7 Å². The summed E-state index contributed by atoms with van der Waals surface area (Å²) in [5.74, 6) is -0.256. The Morgan fingerprint density at radius 3 is 2.45 bits per heavy atom. The molecular formula is C14H18BrNO4. The maximum atomic E-state index is 11.6. The molecule has 0 unspecified atom stereocenters. The highest BCUT2D eigenvalue weighted by molar-refractivity contribution is 9.10. The van der Waals surface area contributed by atoms with Gasteiger partial charge in [0.05, 0.1) is 16.9 Å². The lowest BCUT2D eigenvalue weighted by Gasteiger charge is -2.17. The molecule has 1 aromatic carbocycles. The van der Waals surface area contributed by atoms with Crippen molar-refractivity contribution in [2.45, 2.75) is 34.1 Å². The van der Waals surface area contributed by atoms with E-state index in [1.165, 1.54) is 12.1 Å². The highest BCUT2D eigenvalue weighted by Gasteiger charge is 2.23. The van der Waals surface area contributed by atoms with Gasteiger partial charge in [0.2, 0.25) is 0 Å². The fourth-order valence-electron chi connectivity index (χ4n) is 1.64. The van der Waals surface area contributed by atoms with Crippen LogP contribution in [0.4, 0.5) is 5.69 Å². The molecule has 0 atom stereocenters. The maximum Gasteiger partial charge on any atom is 0.311 e. The number of nitro groups is 1. The van der Waals surface area contributed by atoms with Gasteiger partial charge in [-0.05, 0) is 38.8 Å². The third kappa shape index (κ3) is 4.30. The highest BCUT2D eigenvalue weighted by atomic mass is 79.9. The zero-order valence-corrected chi connectivity index (χ0v) is 13.6. The first-order valence-electron chi connectivity index (χ1n) is 6.23. The number of carbonyl (C=O) groups excluding carboxylic acids is 1. The average molecular weight is 344 g/mol. The zero-order chi connectivity index (χ0) is 15.5. The van der Waals surface area contributed by atoms with E-state index in [0.29, 0.717) is 10.9 Å². The van der Waals surface area contributed by atoms with E-state index in [4.69, 9.17) is 4.74 Å². The van der Waals surface area contributed by atoms with Gasteiger partial charge in [-0.25, -0.2) is 0 Å². The number of halogens is 1. The van der Waals surface area contributed by atoms with Crippen LogP contribution in [0.3, 0.4) is 0 Å². The molecule has 0 aromatic heterocycles. The summed E-state index contributed by atoms with van der Waals surface area (Å²) in [7, 11) is 0. The number of benzene rings is 1. The second kappa shape index (κ2) is 6.35. The van der Waals surface area contributed by atoms with Crippen LogP contribution in [0, 0.1) is 22.5 Å². The Bertz CT molecular complexity index is 511. The number of hydrogen-bond acceptors (Lipinski definition) is 4. The maximum absolute atomic E-state index is 11.6. The first kappa shape index (κ1) is 16.6. The topological polar surface area (TPSA) is 69.4 Å². The fraction of sp³-hybridized carbons (Fsp3) is 0.500. The van der Waals surface area contributed by atoms with Crippen molar-refractivity contribution in [1.29, 1.82) is 0 Å². The number of non-ortho nitro benzene ring substituents is 1. The molecule has 0 N–H and O–H groups in total. The molecule has 20 heavy (non-hydrogen) atoms. The van der Waals surface area contributed by atoms with Gasteiger partial charge < -0.3 is 4.74 Å². The van der Waals surface area contributed by atoms with Gasteiger partial charge >= 0.3 is 5.97 Å². The summed E-state index contributed by atoms with van der Waals surface area (Å²) in [5.41, 5.74) is 1.24. The van der Waals surface area contributed by atoms with Gasteiger partial charge in [0.1, 0.15) is 0 Å². The molecule has 0 bridgehead atoms. The number of aryl methyl sites for hydroxylation is 1. The lowest BCUT2D eigenvalue weighted by Crippen LogP contribution is -2.23. The molecule has 6 heteroatoms. The summed E-state index contributed by atoms with van der Waals surface area (Å²) < 4.78 is 5.87. The number of carbonyl (C=O) groups is 1. The van der Waals surface area contributed by atoms with Crippen molar-refractivity contribution in [1.82, 2.24) is 0 Å². The standard InChI is InChI=1S/C14H18BrNO4/c1-9-7-10(16(18)19)8-12(15)11(9)5-6-20-13(17)14(2,3)4/h7-8H,5-6H2,1-4H3. The normalized spacial score (nSPS) is 11.2. The molecule has 1 aromatic rings. The molecule has 0 saturated carbocycles. The average Bonchev–Trinajstić information content (AvgIpc) is 2.30. The van der Waals surface area contributed by atoms with Crippen molar-refractivity contribution in [2.24, 2.45) is 5.41 Å². The smallest absolute Gasteiger partial charge is 0.311 e. The Labute approximate surface area is 126 Å². The number of hydrogen-bond donors (Lipinski definition) is 0. The quantitative estimate of drug-likeness (QED) is 0.473. The number of nitro benzene ring substituents is 1. The molecule has 0 radical (unpaired) electrons. The van der Waals surface area contributed by atoms with Crippen LogP contribution in [0.5, 0.6) is 0 Å². The van der Waals surface area contributed by atoms with Gasteiger partial charge in [-0.3, -0.25) is 14.9 Å². The predicted molar refractivity (Wildman–Crippen MR) is 79.7 cm³/mol. The predicted octanol–water partition coefficient (Wildman–Crippen LogP) is 3.80. The molecule has 0 aliphatic carbocycles. The van der Waals surface area contributed by atoms with E-state index in [2.05, 4.69) is 15.9 Å². The van der Waals surface area contributed by atoms with E-state index in [0.717, 1.165) is 11.1 Å². The lowest BCUT2D eigenvalue weighted by atomic mass is 9.97. The summed E-state index contributed by atoms with van der Waals surface area (Å²) in [6.45, 7) is 7.44. The van der Waals surface area contributed by atoms with Crippen LogP contribution in [-0.2, 0) is 16.0 Å². The second-order valence-corrected chi connectivity index (χ2v) is 6.47. The van der Waals surface area contributed by atoms with Gasteiger partial charge in [-0.1, -0.05) is 15.9 Å². The van der Waals surface area contributed by atoms with Crippen molar-refractivity contribution < 1.29 is 14.5 Å². The van der Waals surface area contributed by atoms with Crippen molar-refractivity contribution in [2.75, 3.05) is 6.61 Å². The van der Waals surface area contributed by atoms with Crippen LogP contribution in [0.15, 0.2) is 16.6 Å². The molecular weight excluding hydrogens is 326 g/mol. The van der Waals surface area contributed by atoms with Gasteiger partial charge in [-0.15, -0.1) is 0 Å². The molecule has 110 valence electrons. The Morgan fingerprint density at radius 2 is 2.00 bits per heavy atom. The molecule has 5 nitrogen and oxygen atoms in total. The van der Waals surface area contributed by atoms with Crippen molar-refractivity contribution in [3.05, 3.63) is 37.8 Å². The summed E-state index contributed by atoms with van der Waals surface area (Å²) in [6.07, 6.45) is 0.520. The summed E-state index contributed by atoms with van der Waals surface area (Å²) in [5, 5.41) is 10.7. The zero-order valence-electron chi connectivity index (χ0n) is 12.0. The summed E-state index contributed by atoms with van der Waals surface area (Å²) >= 11 is 3.33. The molecule has 1 rings (SSSR count). The molecule has 0 heterocycles. The van der Waals surface area contributed by atoms with Crippen LogP contribution < -0.4 is 0 Å². The van der Waals surface area contributed by atoms with Gasteiger partial charge in [0.25, 0.3) is 5.69 Å². The van der Waals surface area contributed by atoms with E-state index >= 15 is 0 Å². The van der Waals surface area contributed by atoms with Crippen molar-refractivity contribution in [3.8, 4) is 0 Å². The van der Waals surface area contributed by atoms with Gasteiger partial charge in [0.15, 0.2) is 0 Å². The van der Waals surface area contributed by atoms with Crippen LogP contribution >= 0.6 is 15.9 Å². The molecule has 0 aliphatic heterocycles. The molecule has 0 amide bonds. The molecule has 0 spiro atoms. The minimum Gasteiger partial charge on any atom is -0.465 e. The molecule has 0 fully saturated rings. The molecule has 0 aliphatic rings. The monoisotopic (exact) mass is 343 g/mol. The van der Waals surface area contributed by atoms with E-state index < -0.39 is 10.3 Å². The SMILES string of the molecule is Cc1cc([N+](=O)[O-])cc(Br)c1CCOC(=O)C(C)(C)C. The number of rotatable bonds is 4. The highest BCUT2D eigenvalue weighted by Crippen LogP contribution is 2.27. The minimum absolute atomic E-state index is 0.0461. The van der Waals surface area contributed by atoms with Crippen LogP contribution in [0.25, 0.3) is 0 Å². The number of esters is 1. The Balaban J connectivity index is 2.75. The Morgan fingerprint density at radius 1 is 1.40 bits per heavy atom. The van der Waals surface area contributed by atoms with Crippen LogP contribution in [-0.4, -0.2) is 17.5 Å². The fourth-order valence-corrected chi connectivity index (χ4v) is 2.39. The number of nitrogens with zero attached hydrogens (tertiary/aromatic N) is 1. The minimum atomic E-state index is -0.526.